The molecule has 0 aliphatic heterocycles. The minimum absolute atomic E-state index is 0.0633. The van der Waals surface area contributed by atoms with Crippen LogP contribution in [0.1, 0.15) is 62.5 Å². The molecule has 1 saturated carbocycles. The fraction of sp³-hybridized carbons (Fsp3) is 0.625. The van der Waals surface area contributed by atoms with Crippen LogP contribution in [0.5, 0.6) is 0 Å². The van der Waals surface area contributed by atoms with Crippen molar-refractivity contribution in [3.63, 3.8) is 0 Å². The number of anilines is 1. The molecule has 2 rings (SSSR count). The highest BCUT2D eigenvalue weighted by atomic mass is 16.3. The summed E-state index contributed by atoms with van der Waals surface area (Å²) in [6.07, 6.45) is 10.7. The summed E-state index contributed by atoms with van der Waals surface area (Å²) in [6.45, 7) is 1.79. The van der Waals surface area contributed by atoms with E-state index in [1.54, 1.807) is 6.92 Å². The van der Waals surface area contributed by atoms with Crippen LogP contribution in [0.15, 0.2) is 10.7 Å². The number of nitrogens with one attached hydrogen (secondary N) is 1. The van der Waals surface area contributed by atoms with Gasteiger partial charge in [0, 0.05) is 12.0 Å². The van der Waals surface area contributed by atoms with Gasteiger partial charge in [0.05, 0.1) is 6.26 Å². The molecule has 0 radical (unpaired) electrons. The van der Waals surface area contributed by atoms with Crippen molar-refractivity contribution in [3.05, 3.63) is 17.4 Å². The van der Waals surface area contributed by atoms with Gasteiger partial charge >= 0.3 is 0 Å². The van der Waals surface area contributed by atoms with Gasteiger partial charge in [0.2, 0.25) is 11.8 Å². The van der Waals surface area contributed by atoms with Crippen molar-refractivity contribution in [2.75, 3.05) is 5.32 Å². The summed E-state index contributed by atoms with van der Waals surface area (Å²) in [7, 11) is 0. The summed E-state index contributed by atoms with van der Waals surface area (Å²) in [5.74, 6) is 1.02. The van der Waals surface area contributed by atoms with E-state index in [0.29, 0.717) is 12.0 Å². The molecule has 4 nitrogen and oxygen atoms in total. The van der Waals surface area contributed by atoms with Crippen molar-refractivity contribution in [2.45, 2.75) is 58.3 Å². The van der Waals surface area contributed by atoms with Gasteiger partial charge in [0.25, 0.3) is 0 Å². The molecule has 1 fully saturated rings. The zero-order valence-electron chi connectivity index (χ0n) is 12.1. The van der Waals surface area contributed by atoms with Gasteiger partial charge in [-0.2, -0.15) is 5.26 Å². The molecule has 1 aromatic heterocycles. The molecule has 0 aromatic carbocycles. The first-order valence-electron chi connectivity index (χ1n) is 7.48. The van der Waals surface area contributed by atoms with Gasteiger partial charge in [-0.05, 0) is 25.7 Å². The van der Waals surface area contributed by atoms with E-state index < -0.39 is 0 Å². The second kappa shape index (κ2) is 7.14. The topological polar surface area (TPSA) is 66.0 Å². The molecule has 0 bridgehead atoms. The lowest BCUT2D eigenvalue weighted by molar-refractivity contribution is -0.116. The predicted molar refractivity (Wildman–Crippen MR) is 77.2 cm³/mol. The van der Waals surface area contributed by atoms with Crippen molar-refractivity contribution in [1.29, 1.82) is 5.26 Å². The third-order valence-corrected chi connectivity index (χ3v) is 4.08. The zero-order chi connectivity index (χ0) is 14.4. The fourth-order valence-corrected chi connectivity index (χ4v) is 2.89. The summed E-state index contributed by atoms with van der Waals surface area (Å²) < 4.78 is 5.20. The molecule has 20 heavy (non-hydrogen) atoms. The van der Waals surface area contributed by atoms with Crippen LogP contribution in [0.3, 0.4) is 0 Å². The molecule has 1 N–H and O–H groups in total. The maximum Gasteiger partial charge on any atom is 0.226 e. The van der Waals surface area contributed by atoms with Crippen LogP contribution in [0.4, 0.5) is 5.88 Å². The normalized spacial score (nSPS) is 15.8. The number of furan rings is 1. The Morgan fingerprint density at radius 1 is 1.45 bits per heavy atom. The standard InChI is InChI=1S/C16H22N2O2/c1-12-11-20-16(14(12)10-17)18-15(19)9-5-8-13-6-3-2-4-7-13/h11,13H,2-9H2,1H3,(H,18,19). The second-order valence-electron chi connectivity index (χ2n) is 5.68. The van der Waals surface area contributed by atoms with E-state index in [4.69, 9.17) is 9.68 Å². The number of aryl methyl sites for hydroxylation is 1. The van der Waals surface area contributed by atoms with Crippen molar-refractivity contribution >= 4 is 11.8 Å². The number of carbonyl (C=O) groups excluding carboxylic acids is 1. The number of amides is 1. The number of rotatable bonds is 5. The van der Waals surface area contributed by atoms with Crippen molar-refractivity contribution < 1.29 is 9.21 Å². The van der Waals surface area contributed by atoms with E-state index in [2.05, 4.69) is 5.32 Å². The van der Waals surface area contributed by atoms with Crippen LogP contribution in [-0.4, -0.2) is 5.91 Å². The Morgan fingerprint density at radius 2 is 2.20 bits per heavy atom. The lowest BCUT2D eigenvalue weighted by Gasteiger charge is -2.21. The number of hydrogen-bond acceptors (Lipinski definition) is 3. The van der Waals surface area contributed by atoms with E-state index in [1.165, 1.54) is 38.4 Å². The Bertz CT molecular complexity index is 493. The third-order valence-electron chi connectivity index (χ3n) is 4.08. The number of carbonyl (C=O) groups is 1. The largest absolute Gasteiger partial charge is 0.447 e. The van der Waals surface area contributed by atoms with Gasteiger partial charge in [0.1, 0.15) is 11.6 Å². The SMILES string of the molecule is Cc1coc(NC(=O)CCCC2CCCCC2)c1C#N. The van der Waals surface area contributed by atoms with Crippen LogP contribution < -0.4 is 5.32 Å². The summed E-state index contributed by atoms with van der Waals surface area (Å²) in [6, 6.07) is 2.05. The molecule has 0 saturated heterocycles. The highest BCUT2D eigenvalue weighted by molar-refractivity contribution is 5.90. The minimum Gasteiger partial charge on any atom is -0.447 e. The lowest BCUT2D eigenvalue weighted by Crippen LogP contribution is -2.13. The van der Waals surface area contributed by atoms with E-state index in [-0.39, 0.29) is 11.8 Å². The molecule has 0 atom stereocenters. The summed E-state index contributed by atoms with van der Waals surface area (Å²) >= 11 is 0. The Kier molecular flexibility index (Phi) is 5.23. The number of hydrogen-bond donors (Lipinski definition) is 1. The summed E-state index contributed by atoms with van der Waals surface area (Å²) in [5, 5.41) is 11.7. The Labute approximate surface area is 120 Å². The minimum atomic E-state index is -0.0633. The van der Waals surface area contributed by atoms with Gasteiger partial charge in [-0.15, -0.1) is 0 Å². The Balaban J connectivity index is 1.73. The number of nitrogens with zero attached hydrogens (tertiary/aromatic N) is 1. The average molecular weight is 274 g/mol. The van der Waals surface area contributed by atoms with Gasteiger partial charge in [-0.25, -0.2) is 0 Å². The smallest absolute Gasteiger partial charge is 0.226 e. The maximum atomic E-state index is 11.9. The monoisotopic (exact) mass is 274 g/mol. The first kappa shape index (κ1) is 14.6. The van der Waals surface area contributed by atoms with E-state index in [1.807, 2.05) is 6.07 Å². The summed E-state index contributed by atoms with van der Waals surface area (Å²) in [4.78, 5) is 11.9. The molecule has 0 spiro atoms. The van der Waals surface area contributed by atoms with Crippen molar-refractivity contribution in [3.8, 4) is 6.07 Å². The van der Waals surface area contributed by atoms with Crippen LogP contribution in [-0.2, 0) is 4.79 Å². The van der Waals surface area contributed by atoms with Crippen LogP contribution in [0, 0.1) is 24.2 Å². The Hall–Kier alpha value is -1.76. The molecule has 1 aliphatic carbocycles. The molecule has 1 heterocycles. The molecular formula is C16H22N2O2. The Morgan fingerprint density at radius 3 is 2.90 bits per heavy atom. The van der Waals surface area contributed by atoms with E-state index in [9.17, 15) is 4.79 Å². The predicted octanol–water partition coefficient (Wildman–Crippen LogP) is 4.15. The van der Waals surface area contributed by atoms with Crippen LogP contribution in [0.25, 0.3) is 0 Å². The highest BCUT2D eigenvalue weighted by Gasteiger charge is 2.15. The molecule has 0 unspecified atom stereocenters. The van der Waals surface area contributed by atoms with Crippen molar-refractivity contribution in [1.82, 2.24) is 0 Å². The molecule has 1 aromatic rings. The highest BCUT2D eigenvalue weighted by Crippen LogP contribution is 2.28. The molecular weight excluding hydrogens is 252 g/mol. The first-order chi connectivity index (χ1) is 9.70. The van der Waals surface area contributed by atoms with Gasteiger partial charge in [-0.1, -0.05) is 32.1 Å². The van der Waals surface area contributed by atoms with E-state index >= 15 is 0 Å². The van der Waals surface area contributed by atoms with Crippen LogP contribution in [0.2, 0.25) is 0 Å². The molecule has 1 amide bonds. The quantitative estimate of drug-likeness (QED) is 0.877. The van der Waals surface area contributed by atoms with Crippen molar-refractivity contribution in [2.24, 2.45) is 5.92 Å². The molecule has 108 valence electrons. The molecule has 4 heteroatoms. The van der Waals surface area contributed by atoms with E-state index in [0.717, 1.165) is 24.3 Å². The van der Waals surface area contributed by atoms with Crippen LogP contribution >= 0.6 is 0 Å². The summed E-state index contributed by atoms with van der Waals surface area (Å²) in [5.41, 5.74) is 1.18. The first-order valence-corrected chi connectivity index (χ1v) is 7.48. The second-order valence-corrected chi connectivity index (χ2v) is 5.68. The maximum absolute atomic E-state index is 11.9. The van der Waals surface area contributed by atoms with Gasteiger partial charge in [-0.3, -0.25) is 10.1 Å². The number of nitriles is 1. The average Bonchev–Trinajstić information content (AvgIpc) is 2.80. The lowest BCUT2D eigenvalue weighted by atomic mass is 9.86. The fourth-order valence-electron chi connectivity index (χ4n) is 2.89. The third kappa shape index (κ3) is 3.86. The zero-order valence-corrected chi connectivity index (χ0v) is 12.1. The van der Waals surface area contributed by atoms with Gasteiger partial charge in [0.15, 0.2) is 0 Å². The molecule has 1 aliphatic rings. The van der Waals surface area contributed by atoms with Gasteiger partial charge < -0.3 is 4.42 Å².